The van der Waals surface area contributed by atoms with E-state index >= 15 is 0 Å². The van der Waals surface area contributed by atoms with Crippen LogP contribution in [0.4, 0.5) is 0 Å². The van der Waals surface area contributed by atoms with E-state index in [4.69, 9.17) is 0 Å². The number of rotatable bonds is 4. The van der Waals surface area contributed by atoms with Crippen molar-refractivity contribution in [3.8, 4) is 33.6 Å². The molecule has 2 unspecified atom stereocenters. The molecule has 0 fully saturated rings. The number of nitrogens with zero attached hydrogens (tertiary/aromatic N) is 2. The summed E-state index contributed by atoms with van der Waals surface area (Å²) in [6.07, 6.45) is 0. The van der Waals surface area contributed by atoms with Crippen LogP contribution < -0.4 is 0 Å². The van der Waals surface area contributed by atoms with Gasteiger partial charge in [-0.15, -0.1) is 0 Å². The average Bonchev–Trinajstić information content (AvgIpc) is 3.83. The maximum atomic E-state index is 2.56. The van der Waals surface area contributed by atoms with Gasteiger partial charge in [-0.3, -0.25) is 0 Å². The first-order chi connectivity index (χ1) is 23.1. The predicted molar refractivity (Wildman–Crippen MR) is 195 cm³/mol. The molecule has 2 nitrogen and oxygen atoms in total. The molecule has 8 aromatic rings. The van der Waals surface area contributed by atoms with Gasteiger partial charge < -0.3 is 9.13 Å². The fraction of sp³-hybridized carbons (Fsp3) is 0.111. The highest BCUT2D eigenvalue weighted by molar-refractivity contribution is 6.05. The van der Waals surface area contributed by atoms with Gasteiger partial charge in [-0.05, 0) is 64.1 Å². The Balaban J connectivity index is 1.31. The van der Waals surface area contributed by atoms with Crippen LogP contribution in [-0.2, 0) is 0 Å². The number of hydrogen-bond acceptors (Lipinski definition) is 0. The van der Waals surface area contributed by atoms with Gasteiger partial charge >= 0.3 is 0 Å². The maximum absolute atomic E-state index is 2.56. The Morgan fingerprint density at radius 1 is 0.404 bits per heavy atom. The monoisotopic (exact) mass is 602 g/mol. The molecule has 224 valence electrons. The molecule has 0 bridgehead atoms. The number of hydrogen-bond donors (Lipinski definition) is 0. The van der Waals surface area contributed by atoms with E-state index in [1.807, 2.05) is 0 Å². The Hall–Kier alpha value is -5.60. The Morgan fingerprint density at radius 2 is 0.766 bits per heavy atom. The quantitative estimate of drug-likeness (QED) is 0.190. The minimum atomic E-state index is -0.218. The fourth-order valence-electron chi connectivity index (χ4n) is 9.26. The molecule has 0 amide bonds. The zero-order valence-corrected chi connectivity index (χ0v) is 26.6. The molecule has 0 saturated carbocycles. The van der Waals surface area contributed by atoms with Crippen molar-refractivity contribution < 1.29 is 0 Å². The molecule has 2 aromatic heterocycles. The average molecular weight is 603 g/mol. The molecule has 0 spiro atoms. The van der Waals surface area contributed by atoms with Crippen LogP contribution in [0.2, 0.25) is 0 Å². The molecule has 2 atom stereocenters. The summed E-state index contributed by atoms with van der Waals surface area (Å²) in [6, 6.07) is 58.3. The number of aromatic nitrogens is 2. The largest absolute Gasteiger partial charge is 0.312 e. The van der Waals surface area contributed by atoms with Crippen molar-refractivity contribution >= 4 is 21.8 Å². The first kappa shape index (κ1) is 26.6. The van der Waals surface area contributed by atoms with E-state index in [2.05, 4.69) is 181 Å². The van der Waals surface area contributed by atoms with Crippen molar-refractivity contribution in [2.75, 3.05) is 0 Å². The summed E-state index contributed by atoms with van der Waals surface area (Å²) in [4.78, 5) is 0. The van der Waals surface area contributed by atoms with E-state index in [0.717, 1.165) is 0 Å². The van der Waals surface area contributed by atoms with Gasteiger partial charge in [0.05, 0.1) is 11.0 Å². The Kier molecular flexibility index (Phi) is 5.49. The molecule has 0 saturated heterocycles. The van der Waals surface area contributed by atoms with Crippen LogP contribution in [0, 0.1) is 5.41 Å². The van der Waals surface area contributed by atoms with Gasteiger partial charge in [-0.1, -0.05) is 135 Å². The standard InChI is InChI=1S/C45H34N2/c1-45(2,41-33-23-11-9-21-31(33)39-35-25-13-15-27-37(35)46(43(39)41)29-17-5-3-6-18-29)42-34-24-12-10-22-32(34)40-36-26-14-16-28-38(36)47(44(40)42)30-19-7-4-8-20-30/h3-28,41-42H,1-2H3. The van der Waals surface area contributed by atoms with Crippen LogP contribution in [-0.4, -0.2) is 9.13 Å². The van der Waals surface area contributed by atoms with Crippen LogP contribution >= 0.6 is 0 Å². The minimum absolute atomic E-state index is 0.146. The molecular weight excluding hydrogens is 569 g/mol. The Morgan fingerprint density at radius 3 is 1.21 bits per heavy atom. The summed E-state index contributed by atoms with van der Waals surface area (Å²) >= 11 is 0. The topological polar surface area (TPSA) is 9.86 Å². The molecule has 2 heteroatoms. The second-order valence-electron chi connectivity index (χ2n) is 13.8. The molecule has 10 rings (SSSR count). The predicted octanol–water partition coefficient (Wildman–Crippen LogP) is 11.5. The first-order valence-corrected chi connectivity index (χ1v) is 16.7. The molecule has 6 aromatic carbocycles. The van der Waals surface area contributed by atoms with Gasteiger partial charge in [0, 0.05) is 56.5 Å². The maximum Gasteiger partial charge on any atom is 0.0538 e. The van der Waals surface area contributed by atoms with Crippen LogP contribution in [0.3, 0.4) is 0 Å². The van der Waals surface area contributed by atoms with E-state index in [1.165, 1.54) is 77.9 Å². The van der Waals surface area contributed by atoms with Crippen molar-refractivity contribution in [1.82, 2.24) is 9.13 Å². The van der Waals surface area contributed by atoms with Crippen LogP contribution in [0.25, 0.3) is 55.4 Å². The lowest BCUT2D eigenvalue weighted by molar-refractivity contribution is 0.273. The lowest BCUT2D eigenvalue weighted by Gasteiger charge is -2.40. The summed E-state index contributed by atoms with van der Waals surface area (Å²) in [5, 5.41) is 2.64. The highest BCUT2D eigenvalue weighted by Gasteiger charge is 2.51. The summed E-state index contributed by atoms with van der Waals surface area (Å²) in [5.74, 6) is 0.292. The molecule has 2 aliphatic carbocycles. The number of para-hydroxylation sites is 4. The van der Waals surface area contributed by atoms with Gasteiger partial charge in [0.25, 0.3) is 0 Å². The lowest BCUT2D eigenvalue weighted by atomic mass is 9.64. The van der Waals surface area contributed by atoms with Crippen molar-refractivity contribution in [3.63, 3.8) is 0 Å². The van der Waals surface area contributed by atoms with Crippen molar-refractivity contribution in [2.24, 2.45) is 5.41 Å². The second-order valence-corrected chi connectivity index (χ2v) is 13.8. The Labute approximate surface area is 275 Å². The molecule has 0 radical (unpaired) electrons. The van der Waals surface area contributed by atoms with Crippen LogP contribution in [0.15, 0.2) is 158 Å². The smallest absolute Gasteiger partial charge is 0.0538 e. The van der Waals surface area contributed by atoms with Gasteiger partial charge in [-0.2, -0.15) is 0 Å². The minimum Gasteiger partial charge on any atom is -0.312 e. The summed E-state index contributed by atoms with van der Waals surface area (Å²) in [7, 11) is 0. The highest BCUT2D eigenvalue weighted by atomic mass is 15.0. The molecule has 47 heavy (non-hydrogen) atoms. The van der Waals surface area contributed by atoms with E-state index < -0.39 is 0 Å². The van der Waals surface area contributed by atoms with Gasteiger partial charge in [-0.25, -0.2) is 0 Å². The van der Waals surface area contributed by atoms with Crippen molar-refractivity contribution in [3.05, 3.63) is 180 Å². The van der Waals surface area contributed by atoms with Crippen LogP contribution in [0.1, 0.15) is 48.2 Å². The molecule has 0 aliphatic heterocycles. The number of fused-ring (bicyclic) bond motifs is 10. The molecule has 2 heterocycles. The van der Waals surface area contributed by atoms with E-state index in [-0.39, 0.29) is 17.3 Å². The molecule has 0 N–H and O–H groups in total. The van der Waals surface area contributed by atoms with Gasteiger partial charge in [0.2, 0.25) is 0 Å². The van der Waals surface area contributed by atoms with E-state index in [0.29, 0.717) is 0 Å². The normalized spacial score (nSPS) is 16.3. The van der Waals surface area contributed by atoms with Gasteiger partial charge in [0.15, 0.2) is 0 Å². The van der Waals surface area contributed by atoms with E-state index in [9.17, 15) is 0 Å². The van der Waals surface area contributed by atoms with Crippen molar-refractivity contribution in [2.45, 2.75) is 25.7 Å². The Bertz CT molecular complexity index is 2290. The highest BCUT2D eigenvalue weighted by Crippen LogP contribution is 2.65. The fourth-order valence-corrected chi connectivity index (χ4v) is 9.26. The lowest BCUT2D eigenvalue weighted by Crippen LogP contribution is -2.31. The second kappa shape index (κ2) is 9.70. The van der Waals surface area contributed by atoms with E-state index in [1.54, 1.807) is 0 Å². The molecular formula is C45H34N2. The summed E-state index contributed by atoms with van der Waals surface area (Å²) in [6.45, 7) is 5.06. The first-order valence-electron chi connectivity index (χ1n) is 16.7. The third-order valence-electron chi connectivity index (χ3n) is 11.0. The SMILES string of the molecule is CC(C)(C1c2ccccc2-c2c1n(-c1ccccc1)c1ccccc21)C1c2ccccc2-c2c1n(-c1ccccc1)c1ccccc21. The third-order valence-corrected chi connectivity index (χ3v) is 11.0. The van der Waals surface area contributed by atoms with Crippen LogP contribution in [0.5, 0.6) is 0 Å². The summed E-state index contributed by atoms with van der Waals surface area (Å²) in [5.41, 5.74) is 15.9. The number of benzene rings is 6. The van der Waals surface area contributed by atoms with Crippen molar-refractivity contribution in [1.29, 1.82) is 0 Å². The zero-order chi connectivity index (χ0) is 31.3. The zero-order valence-electron chi connectivity index (χ0n) is 26.6. The summed E-state index contributed by atoms with van der Waals surface area (Å²) < 4.78 is 5.12. The van der Waals surface area contributed by atoms with Gasteiger partial charge in [0.1, 0.15) is 0 Å². The third kappa shape index (κ3) is 3.50. The molecule has 2 aliphatic rings.